The fourth-order valence-corrected chi connectivity index (χ4v) is 3.10. The summed E-state index contributed by atoms with van der Waals surface area (Å²) < 4.78 is 0. The molecule has 2 aliphatic rings. The summed E-state index contributed by atoms with van der Waals surface area (Å²) in [7, 11) is 2.17. The first-order valence-corrected chi connectivity index (χ1v) is 5.71. The maximum atomic E-state index is 11.5. The summed E-state index contributed by atoms with van der Waals surface area (Å²) in [6.45, 7) is 2.35. The summed E-state index contributed by atoms with van der Waals surface area (Å²) in [6, 6.07) is 0. The molecule has 1 aromatic rings. The monoisotopic (exact) mass is 207 g/mol. The number of nitrogens with zero attached hydrogens (tertiary/aromatic N) is 1. The highest BCUT2D eigenvalue weighted by Crippen LogP contribution is 2.33. The van der Waals surface area contributed by atoms with Gasteiger partial charge in [-0.3, -0.25) is 9.89 Å². The molecule has 0 spiro atoms. The average Bonchev–Trinajstić information content (AvgIpc) is 2.57. The maximum Gasteiger partial charge on any atom is 0.267 e. The van der Waals surface area contributed by atoms with E-state index in [0.29, 0.717) is 5.92 Å². The molecule has 3 rings (SSSR count). The van der Waals surface area contributed by atoms with Crippen LogP contribution < -0.4 is 5.56 Å². The zero-order valence-electron chi connectivity index (χ0n) is 9.05. The summed E-state index contributed by atoms with van der Waals surface area (Å²) in [5, 5.41) is 5.72. The molecule has 4 nitrogen and oxygen atoms in total. The van der Waals surface area contributed by atoms with E-state index in [4.69, 9.17) is 0 Å². The molecule has 0 saturated carbocycles. The minimum absolute atomic E-state index is 0.0941. The van der Waals surface area contributed by atoms with Gasteiger partial charge in [0.25, 0.3) is 5.56 Å². The van der Waals surface area contributed by atoms with E-state index in [0.717, 1.165) is 36.6 Å². The molecule has 1 aliphatic carbocycles. The molecule has 1 saturated heterocycles. The van der Waals surface area contributed by atoms with Gasteiger partial charge in [-0.05, 0) is 44.7 Å². The van der Waals surface area contributed by atoms with Crippen LogP contribution in [0.25, 0.3) is 0 Å². The summed E-state index contributed by atoms with van der Waals surface area (Å²) in [4.78, 5) is 13.9. The molecule has 0 unspecified atom stereocenters. The van der Waals surface area contributed by atoms with Gasteiger partial charge in [0, 0.05) is 17.8 Å². The highest BCUT2D eigenvalue weighted by Gasteiger charge is 2.34. The predicted octanol–water partition coefficient (Wildman–Crippen LogP) is 0.369. The Morgan fingerprint density at radius 2 is 2.13 bits per heavy atom. The Labute approximate surface area is 88.7 Å². The van der Waals surface area contributed by atoms with Crippen molar-refractivity contribution in [3.05, 3.63) is 21.6 Å². The quantitative estimate of drug-likeness (QED) is 0.646. The van der Waals surface area contributed by atoms with Gasteiger partial charge in [0.1, 0.15) is 0 Å². The average molecular weight is 207 g/mol. The topological polar surface area (TPSA) is 51.9 Å². The van der Waals surface area contributed by atoms with Crippen LogP contribution in [0.3, 0.4) is 0 Å². The molecule has 0 amide bonds. The lowest BCUT2D eigenvalue weighted by atomic mass is 9.74. The second-order valence-electron chi connectivity index (χ2n) is 5.02. The molecule has 1 aromatic heterocycles. The number of likely N-dealkylation sites (tertiary alicyclic amines) is 1. The number of fused-ring (bicyclic) bond motifs is 2. The van der Waals surface area contributed by atoms with Crippen molar-refractivity contribution in [2.75, 3.05) is 20.1 Å². The van der Waals surface area contributed by atoms with Crippen LogP contribution in [0.2, 0.25) is 0 Å². The Kier molecular flexibility index (Phi) is 1.99. The molecule has 82 valence electrons. The fraction of sp³-hybridized carbons (Fsp3) is 0.727. The van der Waals surface area contributed by atoms with Gasteiger partial charge in [0.05, 0.1) is 0 Å². The van der Waals surface area contributed by atoms with E-state index >= 15 is 0 Å². The molecule has 15 heavy (non-hydrogen) atoms. The van der Waals surface area contributed by atoms with Crippen molar-refractivity contribution in [3.63, 3.8) is 0 Å². The number of aromatic nitrogens is 2. The number of nitrogens with one attached hydrogen (secondary N) is 2. The lowest BCUT2D eigenvalue weighted by Crippen LogP contribution is -2.42. The number of H-pyrrole nitrogens is 2. The fourth-order valence-electron chi connectivity index (χ4n) is 3.10. The van der Waals surface area contributed by atoms with Crippen molar-refractivity contribution >= 4 is 0 Å². The van der Waals surface area contributed by atoms with Crippen LogP contribution in [0, 0.1) is 11.8 Å². The van der Waals surface area contributed by atoms with Crippen LogP contribution >= 0.6 is 0 Å². The summed E-state index contributed by atoms with van der Waals surface area (Å²) in [6.07, 6.45) is 3.30. The van der Waals surface area contributed by atoms with E-state index in [1.807, 2.05) is 0 Å². The first kappa shape index (κ1) is 9.21. The molecule has 2 N–H and O–H groups in total. The van der Waals surface area contributed by atoms with Crippen LogP contribution in [0.4, 0.5) is 0 Å². The Bertz CT molecular complexity index is 420. The Morgan fingerprint density at radius 1 is 1.27 bits per heavy atom. The van der Waals surface area contributed by atoms with Crippen LogP contribution in [0.5, 0.6) is 0 Å². The molecule has 0 aromatic carbocycles. The second kappa shape index (κ2) is 3.23. The van der Waals surface area contributed by atoms with Gasteiger partial charge in [-0.25, -0.2) is 0 Å². The summed E-state index contributed by atoms with van der Waals surface area (Å²) >= 11 is 0. The molecular weight excluding hydrogens is 190 g/mol. The van der Waals surface area contributed by atoms with Crippen molar-refractivity contribution in [1.29, 1.82) is 0 Å². The molecule has 0 radical (unpaired) electrons. The second-order valence-corrected chi connectivity index (χ2v) is 5.02. The number of piperidine rings is 1. The van der Waals surface area contributed by atoms with Crippen molar-refractivity contribution in [1.82, 2.24) is 15.1 Å². The van der Waals surface area contributed by atoms with E-state index in [9.17, 15) is 4.79 Å². The maximum absolute atomic E-state index is 11.5. The zero-order chi connectivity index (χ0) is 10.4. The molecule has 1 fully saturated rings. The third-order valence-corrected chi connectivity index (χ3v) is 3.99. The summed E-state index contributed by atoms with van der Waals surface area (Å²) in [5.74, 6) is 1.47. The van der Waals surface area contributed by atoms with E-state index in [1.165, 1.54) is 13.0 Å². The minimum Gasteiger partial charge on any atom is -0.306 e. The molecule has 4 heteroatoms. The lowest BCUT2D eigenvalue weighted by molar-refractivity contribution is 0.133. The third-order valence-electron chi connectivity index (χ3n) is 3.99. The first-order chi connectivity index (χ1) is 7.24. The highest BCUT2D eigenvalue weighted by atomic mass is 16.1. The Balaban J connectivity index is 1.91. The van der Waals surface area contributed by atoms with E-state index in [1.54, 1.807) is 0 Å². The van der Waals surface area contributed by atoms with Crippen LogP contribution in [0.1, 0.15) is 17.7 Å². The Morgan fingerprint density at radius 3 is 3.00 bits per heavy atom. The smallest absolute Gasteiger partial charge is 0.267 e. The van der Waals surface area contributed by atoms with E-state index in [-0.39, 0.29) is 5.56 Å². The normalized spacial score (nSPS) is 31.0. The van der Waals surface area contributed by atoms with Crippen molar-refractivity contribution in [3.8, 4) is 0 Å². The van der Waals surface area contributed by atoms with Crippen molar-refractivity contribution in [2.24, 2.45) is 11.8 Å². The van der Waals surface area contributed by atoms with E-state index < -0.39 is 0 Å². The number of hydrogen-bond donors (Lipinski definition) is 2. The SMILES string of the molecule is CN1CC[C@H]2Cc3[nH][nH]c(=O)c3C[C@@H]2C1. The predicted molar refractivity (Wildman–Crippen MR) is 57.9 cm³/mol. The van der Waals surface area contributed by atoms with Crippen LogP contribution in [-0.2, 0) is 12.8 Å². The van der Waals surface area contributed by atoms with Crippen molar-refractivity contribution < 1.29 is 0 Å². The molecular formula is C11H17N3O. The van der Waals surface area contributed by atoms with Gasteiger partial charge in [-0.2, -0.15) is 0 Å². The van der Waals surface area contributed by atoms with Crippen molar-refractivity contribution in [2.45, 2.75) is 19.3 Å². The number of rotatable bonds is 0. The number of hydrogen-bond acceptors (Lipinski definition) is 2. The standard InChI is InChI=1S/C11H17N3O/c1-14-3-2-7-5-10-9(4-8(7)6-14)11(15)13-12-10/h7-8H,2-6H2,1H3,(H2,12,13,15)/t7-,8+/m0/s1. The first-order valence-electron chi connectivity index (χ1n) is 5.71. The Hall–Kier alpha value is -1.03. The third kappa shape index (κ3) is 1.44. The van der Waals surface area contributed by atoms with Gasteiger partial charge in [-0.1, -0.05) is 0 Å². The minimum atomic E-state index is 0.0941. The van der Waals surface area contributed by atoms with Crippen LogP contribution in [0.15, 0.2) is 4.79 Å². The molecule has 1 aliphatic heterocycles. The molecule has 0 bridgehead atoms. The van der Waals surface area contributed by atoms with E-state index in [2.05, 4.69) is 22.1 Å². The molecule has 2 heterocycles. The van der Waals surface area contributed by atoms with Gasteiger partial charge in [0.2, 0.25) is 0 Å². The van der Waals surface area contributed by atoms with Gasteiger partial charge in [-0.15, -0.1) is 0 Å². The lowest BCUT2D eigenvalue weighted by Gasteiger charge is -2.39. The number of aromatic amines is 2. The van der Waals surface area contributed by atoms with Gasteiger partial charge >= 0.3 is 0 Å². The van der Waals surface area contributed by atoms with Gasteiger partial charge in [0.15, 0.2) is 0 Å². The largest absolute Gasteiger partial charge is 0.306 e. The molecule has 2 atom stereocenters. The highest BCUT2D eigenvalue weighted by molar-refractivity contribution is 5.22. The summed E-state index contributed by atoms with van der Waals surface area (Å²) in [5.41, 5.74) is 2.26. The van der Waals surface area contributed by atoms with Gasteiger partial charge < -0.3 is 10.00 Å². The zero-order valence-corrected chi connectivity index (χ0v) is 9.05. The van der Waals surface area contributed by atoms with Crippen LogP contribution in [-0.4, -0.2) is 35.2 Å².